The van der Waals surface area contributed by atoms with Crippen LogP contribution in [-0.4, -0.2) is 55.5 Å². The van der Waals surface area contributed by atoms with Gasteiger partial charge in [-0.15, -0.1) is 0 Å². The molecule has 1 N–H and O–H groups in total. The standard InChI is InChI=1S/C12H19N3OS/c1-14-3-5-15(6-4-14)12(16)9-13-8-11-2-7-17-10-11/h2,7,10,13H,3-6,8-9H2,1H3. The van der Waals surface area contributed by atoms with E-state index in [1.54, 1.807) is 11.3 Å². The van der Waals surface area contributed by atoms with Gasteiger partial charge in [-0.05, 0) is 29.4 Å². The van der Waals surface area contributed by atoms with Gasteiger partial charge in [0.05, 0.1) is 6.54 Å². The molecule has 4 nitrogen and oxygen atoms in total. The molecule has 1 aliphatic heterocycles. The Bertz CT molecular complexity index is 345. The Labute approximate surface area is 106 Å². The number of carbonyl (C=O) groups is 1. The number of thiophene rings is 1. The van der Waals surface area contributed by atoms with E-state index in [0.717, 1.165) is 32.7 Å². The molecule has 1 saturated heterocycles. The van der Waals surface area contributed by atoms with Crippen LogP contribution >= 0.6 is 11.3 Å². The Morgan fingerprint density at radius 2 is 2.18 bits per heavy atom. The van der Waals surface area contributed by atoms with Crippen molar-refractivity contribution in [2.45, 2.75) is 6.54 Å². The summed E-state index contributed by atoms with van der Waals surface area (Å²) in [4.78, 5) is 16.1. The lowest BCUT2D eigenvalue weighted by Gasteiger charge is -2.32. The van der Waals surface area contributed by atoms with Crippen molar-refractivity contribution < 1.29 is 4.79 Å². The van der Waals surface area contributed by atoms with Crippen molar-refractivity contribution in [3.05, 3.63) is 22.4 Å². The quantitative estimate of drug-likeness (QED) is 0.854. The van der Waals surface area contributed by atoms with E-state index in [2.05, 4.69) is 34.1 Å². The van der Waals surface area contributed by atoms with E-state index in [1.165, 1.54) is 5.56 Å². The van der Waals surface area contributed by atoms with Gasteiger partial charge < -0.3 is 15.1 Å². The maximum atomic E-state index is 11.9. The lowest BCUT2D eigenvalue weighted by molar-refractivity contribution is -0.131. The van der Waals surface area contributed by atoms with Gasteiger partial charge in [-0.1, -0.05) is 0 Å². The van der Waals surface area contributed by atoms with E-state index < -0.39 is 0 Å². The van der Waals surface area contributed by atoms with Crippen LogP contribution in [0.2, 0.25) is 0 Å². The second kappa shape index (κ2) is 6.14. The molecular weight excluding hydrogens is 234 g/mol. The van der Waals surface area contributed by atoms with Crippen molar-refractivity contribution in [1.29, 1.82) is 0 Å². The largest absolute Gasteiger partial charge is 0.339 e. The summed E-state index contributed by atoms with van der Waals surface area (Å²) in [7, 11) is 2.09. The Balaban J connectivity index is 1.67. The molecule has 1 aliphatic rings. The molecule has 0 spiro atoms. The number of likely N-dealkylation sites (N-methyl/N-ethyl adjacent to an activating group) is 1. The molecule has 17 heavy (non-hydrogen) atoms. The second-order valence-corrected chi connectivity index (χ2v) is 5.20. The average Bonchev–Trinajstić information content (AvgIpc) is 2.83. The van der Waals surface area contributed by atoms with Crippen LogP contribution in [0.5, 0.6) is 0 Å². The smallest absolute Gasteiger partial charge is 0.236 e. The normalized spacial score (nSPS) is 17.4. The maximum absolute atomic E-state index is 11.9. The van der Waals surface area contributed by atoms with Crippen LogP contribution < -0.4 is 5.32 Å². The summed E-state index contributed by atoms with van der Waals surface area (Å²) >= 11 is 1.69. The molecule has 0 radical (unpaired) electrons. The van der Waals surface area contributed by atoms with Crippen LogP contribution in [0.25, 0.3) is 0 Å². The van der Waals surface area contributed by atoms with Gasteiger partial charge >= 0.3 is 0 Å². The van der Waals surface area contributed by atoms with Gasteiger partial charge in [-0.2, -0.15) is 11.3 Å². The zero-order chi connectivity index (χ0) is 12.1. The highest BCUT2D eigenvalue weighted by Gasteiger charge is 2.18. The number of rotatable bonds is 4. The highest BCUT2D eigenvalue weighted by atomic mass is 32.1. The lowest BCUT2D eigenvalue weighted by Crippen LogP contribution is -2.49. The Morgan fingerprint density at radius 3 is 2.82 bits per heavy atom. The molecule has 2 rings (SSSR count). The number of hydrogen-bond donors (Lipinski definition) is 1. The van der Waals surface area contributed by atoms with E-state index in [1.807, 2.05) is 4.90 Å². The third kappa shape index (κ3) is 3.80. The van der Waals surface area contributed by atoms with E-state index in [4.69, 9.17) is 0 Å². The fourth-order valence-corrected chi connectivity index (χ4v) is 2.54. The molecule has 0 bridgehead atoms. The summed E-state index contributed by atoms with van der Waals surface area (Å²) < 4.78 is 0. The molecule has 0 unspecified atom stereocenters. The number of piperazine rings is 1. The van der Waals surface area contributed by atoms with Crippen molar-refractivity contribution in [2.24, 2.45) is 0 Å². The summed E-state index contributed by atoms with van der Waals surface area (Å²) in [6, 6.07) is 2.08. The second-order valence-electron chi connectivity index (χ2n) is 4.42. The van der Waals surface area contributed by atoms with Crippen LogP contribution in [-0.2, 0) is 11.3 Å². The molecule has 2 heterocycles. The first-order valence-electron chi connectivity index (χ1n) is 5.94. The SMILES string of the molecule is CN1CCN(C(=O)CNCc2ccsc2)CC1. The molecule has 5 heteroatoms. The molecule has 1 aromatic rings. The summed E-state index contributed by atoms with van der Waals surface area (Å²) in [5.74, 6) is 0.216. The predicted molar refractivity (Wildman–Crippen MR) is 70.1 cm³/mol. The summed E-state index contributed by atoms with van der Waals surface area (Å²) in [5, 5.41) is 7.36. The van der Waals surface area contributed by atoms with Crippen molar-refractivity contribution >= 4 is 17.2 Å². The van der Waals surface area contributed by atoms with Crippen LogP contribution in [0.4, 0.5) is 0 Å². The minimum absolute atomic E-state index is 0.216. The molecule has 0 saturated carbocycles. The van der Waals surface area contributed by atoms with Gasteiger partial charge in [0.25, 0.3) is 0 Å². The monoisotopic (exact) mass is 253 g/mol. The van der Waals surface area contributed by atoms with Crippen molar-refractivity contribution in [2.75, 3.05) is 39.8 Å². The molecule has 1 aromatic heterocycles. The molecule has 1 fully saturated rings. The van der Waals surface area contributed by atoms with Crippen molar-refractivity contribution in [3.63, 3.8) is 0 Å². The van der Waals surface area contributed by atoms with Gasteiger partial charge in [0, 0.05) is 32.7 Å². The number of nitrogens with one attached hydrogen (secondary N) is 1. The third-order valence-electron chi connectivity index (χ3n) is 3.04. The first kappa shape index (κ1) is 12.5. The maximum Gasteiger partial charge on any atom is 0.236 e. The Morgan fingerprint density at radius 1 is 1.41 bits per heavy atom. The highest BCUT2D eigenvalue weighted by Crippen LogP contribution is 2.05. The zero-order valence-corrected chi connectivity index (χ0v) is 11.0. The molecular formula is C12H19N3OS. The predicted octanol–water partition coefficient (Wildman–Crippen LogP) is 0.612. The van der Waals surface area contributed by atoms with E-state index in [0.29, 0.717) is 6.54 Å². The number of hydrogen-bond acceptors (Lipinski definition) is 4. The minimum Gasteiger partial charge on any atom is -0.339 e. The molecule has 0 atom stereocenters. The van der Waals surface area contributed by atoms with Gasteiger partial charge in [-0.3, -0.25) is 4.79 Å². The summed E-state index contributed by atoms with van der Waals surface area (Å²) in [6.07, 6.45) is 0. The van der Waals surface area contributed by atoms with Crippen molar-refractivity contribution in [3.8, 4) is 0 Å². The summed E-state index contributed by atoms with van der Waals surface area (Å²) in [5.41, 5.74) is 1.25. The topological polar surface area (TPSA) is 35.6 Å². The fourth-order valence-electron chi connectivity index (χ4n) is 1.87. The molecule has 1 amide bonds. The molecule has 94 valence electrons. The van der Waals surface area contributed by atoms with Gasteiger partial charge in [0.15, 0.2) is 0 Å². The van der Waals surface area contributed by atoms with Crippen LogP contribution in [0, 0.1) is 0 Å². The number of carbonyl (C=O) groups excluding carboxylic acids is 1. The van der Waals surface area contributed by atoms with Crippen LogP contribution in [0.1, 0.15) is 5.56 Å². The minimum atomic E-state index is 0.216. The zero-order valence-electron chi connectivity index (χ0n) is 10.2. The molecule has 0 aromatic carbocycles. The van der Waals surface area contributed by atoms with Gasteiger partial charge in [0.2, 0.25) is 5.91 Å². The van der Waals surface area contributed by atoms with E-state index in [-0.39, 0.29) is 5.91 Å². The Hall–Kier alpha value is -0.910. The van der Waals surface area contributed by atoms with Gasteiger partial charge in [-0.25, -0.2) is 0 Å². The van der Waals surface area contributed by atoms with Crippen LogP contribution in [0.3, 0.4) is 0 Å². The average molecular weight is 253 g/mol. The summed E-state index contributed by atoms with van der Waals surface area (Å²) in [6.45, 7) is 4.90. The molecule has 0 aliphatic carbocycles. The third-order valence-corrected chi connectivity index (χ3v) is 3.77. The Kier molecular flexibility index (Phi) is 4.53. The number of nitrogens with zero attached hydrogens (tertiary/aromatic N) is 2. The number of amides is 1. The lowest BCUT2D eigenvalue weighted by atomic mass is 10.3. The van der Waals surface area contributed by atoms with E-state index in [9.17, 15) is 4.79 Å². The highest BCUT2D eigenvalue weighted by molar-refractivity contribution is 7.07. The fraction of sp³-hybridized carbons (Fsp3) is 0.583. The van der Waals surface area contributed by atoms with E-state index >= 15 is 0 Å². The van der Waals surface area contributed by atoms with Crippen LogP contribution in [0.15, 0.2) is 16.8 Å². The first-order valence-corrected chi connectivity index (χ1v) is 6.88. The van der Waals surface area contributed by atoms with Crippen molar-refractivity contribution in [1.82, 2.24) is 15.1 Å². The van der Waals surface area contributed by atoms with Gasteiger partial charge in [0.1, 0.15) is 0 Å². The first-order chi connectivity index (χ1) is 8.25.